The Morgan fingerprint density at radius 3 is 2.69 bits per heavy atom. The lowest BCUT2D eigenvalue weighted by atomic mass is 9.76. The van der Waals surface area contributed by atoms with Gasteiger partial charge in [-0.3, -0.25) is 9.59 Å². The van der Waals surface area contributed by atoms with E-state index in [0.29, 0.717) is 33.8 Å². The molecule has 1 aliphatic carbocycles. The second-order valence-electron chi connectivity index (χ2n) is 7.47. The Hall–Kier alpha value is -2.54. The highest BCUT2D eigenvalue weighted by Gasteiger charge is 2.37. The molecular formula is C22H25N3O3S. The van der Waals surface area contributed by atoms with Gasteiger partial charge in [0, 0.05) is 28.9 Å². The van der Waals surface area contributed by atoms with Crippen LogP contribution in [0.3, 0.4) is 0 Å². The van der Waals surface area contributed by atoms with Crippen molar-refractivity contribution in [3.63, 3.8) is 0 Å². The van der Waals surface area contributed by atoms with E-state index in [4.69, 9.17) is 9.72 Å². The van der Waals surface area contributed by atoms with Gasteiger partial charge >= 0.3 is 0 Å². The molecule has 2 heterocycles. The quantitative estimate of drug-likeness (QED) is 0.566. The minimum Gasteiger partial charge on any atom is -0.497 e. The summed E-state index contributed by atoms with van der Waals surface area (Å²) in [6.45, 7) is 4.22. The summed E-state index contributed by atoms with van der Waals surface area (Å²) in [6.07, 6.45) is 3.09. The number of nitrogens with zero attached hydrogens (tertiary/aromatic N) is 1. The van der Waals surface area contributed by atoms with Crippen LogP contribution in [0.5, 0.6) is 5.75 Å². The van der Waals surface area contributed by atoms with Crippen LogP contribution in [0.1, 0.15) is 56.6 Å². The highest BCUT2D eigenvalue weighted by molar-refractivity contribution is 7.99. The van der Waals surface area contributed by atoms with E-state index < -0.39 is 5.92 Å². The molecule has 1 aromatic heterocycles. The van der Waals surface area contributed by atoms with Crippen LogP contribution in [0.4, 0.5) is 5.82 Å². The number of hydrogen-bond donors (Lipinski definition) is 2. The molecule has 0 fully saturated rings. The topological polar surface area (TPSA) is 84.1 Å². The van der Waals surface area contributed by atoms with Gasteiger partial charge in [-0.1, -0.05) is 37.7 Å². The summed E-state index contributed by atoms with van der Waals surface area (Å²) in [5.41, 5.74) is 2.80. The van der Waals surface area contributed by atoms with Gasteiger partial charge in [-0.05, 0) is 37.0 Å². The molecule has 0 radical (unpaired) electrons. The Labute approximate surface area is 174 Å². The molecule has 0 saturated carbocycles. The molecule has 0 bridgehead atoms. The Morgan fingerprint density at radius 2 is 2.00 bits per heavy atom. The van der Waals surface area contributed by atoms with Crippen molar-refractivity contribution in [2.45, 2.75) is 55.9 Å². The Morgan fingerprint density at radius 1 is 1.24 bits per heavy atom. The van der Waals surface area contributed by atoms with Crippen molar-refractivity contribution in [1.82, 2.24) is 9.97 Å². The van der Waals surface area contributed by atoms with Gasteiger partial charge in [0.05, 0.1) is 12.7 Å². The lowest BCUT2D eigenvalue weighted by Crippen LogP contribution is -2.32. The highest BCUT2D eigenvalue weighted by atomic mass is 32.2. The number of anilines is 1. The highest BCUT2D eigenvalue weighted by Crippen LogP contribution is 2.43. The molecule has 0 spiro atoms. The summed E-state index contributed by atoms with van der Waals surface area (Å²) in [5.74, 6) is 0.981. The molecule has 4 rings (SSSR count). The Bertz CT molecular complexity index is 1030. The van der Waals surface area contributed by atoms with Crippen LogP contribution in [-0.2, 0) is 4.79 Å². The monoisotopic (exact) mass is 411 g/mol. The first-order valence-electron chi connectivity index (χ1n) is 9.99. The minimum absolute atomic E-state index is 0.0997. The van der Waals surface area contributed by atoms with Crippen LogP contribution in [-0.4, -0.2) is 28.1 Å². The van der Waals surface area contributed by atoms with Gasteiger partial charge in [0.15, 0.2) is 10.9 Å². The number of hydrogen-bond acceptors (Lipinski definition) is 6. The third kappa shape index (κ3) is 3.71. The van der Waals surface area contributed by atoms with Crippen LogP contribution in [0.15, 0.2) is 45.5 Å². The number of fused-ring (bicyclic) bond motifs is 1. The van der Waals surface area contributed by atoms with Crippen LogP contribution >= 0.6 is 11.8 Å². The lowest BCUT2D eigenvalue weighted by molar-refractivity contribution is -0.116. The van der Waals surface area contributed by atoms with Gasteiger partial charge in [0.2, 0.25) is 0 Å². The van der Waals surface area contributed by atoms with Crippen molar-refractivity contribution in [1.29, 1.82) is 0 Å². The van der Waals surface area contributed by atoms with Crippen molar-refractivity contribution in [3.05, 3.63) is 57.0 Å². The zero-order valence-electron chi connectivity index (χ0n) is 16.9. The number of methoxy groups -OCH3 is 1. The predicted molar refractivity (Wildman–Crippen MR) is 115 cm³/mol. The average Bonchev–Trinajstić information content (AvgIpc) is 2.72. The van der Waals surface area contributed by atoms with Crippen LogP contribution < -0.4 is 15.6 Å². The number of benzene rings is 1. The summed E-state index contributed by atoms with van der Waals surface area (Å²) in [7, 11) is 1.62. The third-order valence-electron chi connectivity index (χ3n) is 5.57. The number of H-pyrrole nitrogens is 1. The van der Waals surface area contributed by atoms with Crippen molar-refractivity contribution in [2.24, 2.45) is 0 Å². The zero-order valence-corrected chi connectivity index (χ0v) is 17.7. The first kappa shape index (κ1) is 19.8. The molecule has 29 heavy (non-hydrogen) atoms. The van der Waals surface area contributed by atoms with Gasteiger partial charge in [-0.25, -0.2) is 4.98 Å². The van der Waals surface area contributed by atoms with Gasteiger partial charge in [0.1, 0.15) is 11.6 Å². The molecule has 2 atom stereocenters. The molecular weight excluding hydrogens is 386 g/mol. The van der Waals surface area contributed by atoms with E-state index in [-0.39, 0.29) is 11.3 Å². The SMILES string of the molecule is CC[C@H](C)Sc1nc2c(c(=O)[nH]1)[C@@H](c1ccc(OC)cc1)C1=C(CCCC1=O)N2. The standard InChI is InChI=1S/C22H25N3O3S/c1-4-12(2)29-22-24-20-19(21(27)25-22)17(13-8-10-14(28-3)11-9-13)18-15(23-20)6-5-7-16(18)26/h8-12,17H,4-7H2,1-3H3,(H2,23,24,25,27)/t12-,17-/m0/s1. The number of carbonyl (C=O) groups excluding carboxylic acids is 1. The van der Waals surface area contributed by atoms with Crippen molar-refractivity contribution in [2.75, 3.05) is 12.4 Å². The molecule has 1 aliphatic heterocycles. The number of ether oxygens (including phenoxy) is 1. The first-order chi connectivity index (χ1) is 14.0. The van der Waals surface area contributed by atoms with E-state index >= 15 is 0 Å². The summed E-state index contributed by atoms with van der Waals surface area (Å²) in [5, 5.41) is 4.27. The van der Waals surface area contributed by atoms with E-state index in [1.807, 2.05) is 24.3 Å². The molecule has 2 N–H and O–H groups in total. The van der Waals surface area contributed by atoms with Gasteiger partial charge in [-0.15, -0.1) is 0 Å². The number of carbonyl (C=O) groups is 1. The fraction of sp³-hybridized carbons (Fsp3) is 0.409. The summed E-state index contributed by atoms with van der Waals surface area (Å²) in [6, 6.07) is 7.57. The number of Topliss-reactive ketones (excluding diaryl/α,β-unsaturated/α-hetero) is 1. The molecule has 7 heteroatoms. The Balaban J connectivity index is 1.86. The maximum Gasteiger partial charge on any atom is 0.257 e. The summed E-state index contributed by atoms with van der Waals surface area (Å²) < 4.78 is 5.27. The average molecular weight is 412 g/mol. The molecule has 0 amide bonds. The van der Waals surface area contributed by atoms with Crippen molar-refractivity contribution < 1.29 is 9.53 Å². The molecule has 152 valence electrons. The van der Waals surface area contributed by atoms with E-state index in [0.717, 1.165) is 36.3 Å². The number of rotatable bonds is 5. The Kier molecular flexibility index (Phi) is 5.50. The molecule has 0 saturated heterocycles. The second kappa shape index (κ2) is 8.06. The van der Waals surface area contributed by atoms with Gasteiger partial charge < -0.3 is 15.0 Å². The molecule has 1 aromatic carbocycles. The molecule has 0 unspecified atom stereocenters. The number of ketones is 1. The van der Waals surface area contributed by atoms with Gasteiger partial charge in [-0.2, -0.15) is 0 Å². The van der Waals surface area contributed by atoms with E-state index in [1.54, 1.807) is 18.9 Å². The fourth-order valence-corrected chi connectivity index (χ4v) is 4.74. The smallest absolute Gasteiger partial charge is 0.257 e. The first-order valence-corrected chi connectivity index (χ1v) is 10.9. The maximum atomic E-state index is 13.1. The number of thioether (sulfide) groups is 1. The van der Waals surface area contributed by atoms with Crippen LogP contribution in [0, 0.1) is 0 Å². The number of aromatic nitrogens is 2. The maximum absolute atomic E-state index is 13.1. The normalized spacial score (nSPS) is 19.3. The van der Waals surface area contributed by atoms with Gasteiger partial charge in [0.25, 0.3) is 5.56 Å². The summed E-state index contributed by atoms with van der Waals surface area (Å²) >= 11 is 1.56. The fourth-order valence-electron chi connectivity index (χ4n) is 3.90. The number of nitrogens with one attached hydrogen (secondary N) is 2. The number of aromatic amines is 1. The molecule has 2 aromatic rings. The second-order valence-corrected chi connectivity index (χ2v) is 8.90. The van der Waals surface area contributed by atoms with E-state index in [9.17, 15) is 9.59 Å². The largest absolute Gasteiger partial charge is 0.497 e. The summed E-state index contributed by atoms with van der Waals surface area (Å²) in [4.78, 5) is 33.6. The number of allylic oxidation sites excluding steroid dienone is 2. The molecule has 2 aliphatic rings. The van der Waals surface area contributed by atoms with E-state index in [1.165, 1.54) is 0 Å². The predicted octanol–water partition coefficient (Wildman–Crippen LogP) is 4.23. The lowest BCUT2D eigenvalue weighted by Gasteiger charge is -2.32. The van der Waals surface area contributed by atoms with Crippen molar-refractivity contribution in [3.8, 4) is 5.75 Å². The van der Waals surface area contributed by atoms with E-state index in [2.05, 4.69) is 24.1 Å². The third-order valence-corrected chi connectivity index (χ3v) is 6.73. The van der Waals surface area contributed by atoms with Crippen LogP contribution in [0.25, 0.3) is 0 Å². The van der Waals surface area contributed by atoms with Crippen LogP contribution in [0.2, 0.25) is 0 Å². The molecule has 6 nitrogen and oxygen atoms in total. The minimum atomic E-state index is -0.418. The van der Waals surface area contributed by atoms with Crippen molar-refractivity contribution >= 4 is 23.4 Å². The zero-order chi connectivity index (χ0) is 20.5.